The van der Waals surface area contributed by atoms with E-state index in [2.05, 4.69) is 0 Å². The van der Waals surface area contributed by atoms with Crippen molar-refractivity contribution in [1.29, 1.82) is 0 Å². The van der Waals surface area contributed by atoms with Crippen LogP contribution in [0, 0.1) is 5.89 Å². The van der Waals surface area contributed by atoms with Crippen molar-refractivity contribution in [1.82, 2.24) is 0 Å². The number of carbonyl (C=O) groups is 1. The van der Waals surface area contributed by atoms with E-state index in [4.69, 9.17) is 14.7 Å². The van der Waals surface area contributed by atoms with E-state index in [1.807, 2.05) is 0 Å². The lowest BCUT2D eigenvalue weighted by Gasteiger charge is -1.97. The molecule has 1 atom stereocenters. The molecule has 0 bridgehead atoms. The second kappa shape index (κ2) is 2.16. The first-order valence-electron chi connectivity index (χ1n) is 5.63. The van der Waals surface area contributed by atoms with Crippen LogP contribution in [-0.4, -0.2) is 11.1 Å². The predicted octanol–water partition coefficient (Wildman–Crippen LogP) is 1.26. The highest BCUT2D eigenvalue weighted by Gasteiger charge is 2.20. The molecule has 0 saturated heterocycles. The van der Waals surface area contributed by atoms with Crippen LogP contribution in [0.1, 0.15) is 35.1 Å². The van der Waals surface area contributed by atoms with Crippen molar-refractivity contribution in [3.63, 3.8) is 0 Å². The molecule has 0 aromatic carbocycles. The van der Waals surface area contributed by atoms with Crippen LogP contribution in [0.2, 0.25) is 0 Å². The molecular weight excluding hydrogens is 104 g/mol. The van der Waals surface area contributed by atoms with Crippen LogP contribution in [0.25, 0.3) is 0 Å². The van der Waals surface area contributed by atoms with E-state index in [1.165, 1.54) is 0 Å². The van der Waals surface area contributed by atoms with E-state index in [0.29, 0.717) is 0 Å². The van der Waals surface area contributed by atoms with Crippen molar-refractivity contribution in [3.8, 4) is 0 Å². The lowest BCUT2D eigenvalue weighted by Crippen LogP contribution is -2.07. The van der Waals surface area contributed by atoms with Crippen LogP contribution in [0.15, 0.2) is 0 Å². The molecule has 46 valence electrons. The minimum Gasteiger partial charge on any atom is -0.481 e. The quantitative estimate of drug-likeness (QED) is 0.567. The summed E-state index contributed by atoms with van der Waals surface area (Å²) in [6, 6.07) is 0. The SMILES string of the molecule is [2H]C1([2H])CC([2H])(C(=O)O)C([2H])([2H])C1([2H])[2H]. The third-order valence-electron chi connectivity index (χ3n) is 0.825. The molecular formula is C6H10O2. The molecule has 1 rings (SSSR count). The maximum atomic E-state index is 10.8. The van der Waals surface area contributed by atoms with Gasteiger partial charge in [0.25, 0.3) is 0 Å². The molecule has 0 amide bonds. The zero-order chi connectivity index (χ0) is 12.3. The monoisotopic (exact) mass is 121 g/mol. The number of rotatable bonds is 1. The van der Waals surface area contributed by atoms with E-state index in [0.717, 1.165) is 0 Å². The Kier molecular flexibility index (Phi) is 0.403. The highest BCUT2D eigenvalue weighted by atomic mass is 16.4. The molecule has 8 heavy (non-hydrogen) atoms. The number of hydrogen-bond donors (Lipinski definition) is 1. The Balaban J connectivity index is 3.38. The average molecular weight is 121 g/mol. The molecule has 0 heterocycles. The van der Waals surface area contributed by atoms with Crippen molar-refractivity contribution in [2.45, 2.75) is 25.5 Å². The van der Waals surface area contributed by atoms with Gasteiger partial charge in [-0.2, -0.15) is 0 Å². The minimum atomic E-state index is -3.07. The van der Waals surface area contributed by atoms with Gasteiger partial charge in [-0.15, -0.1) is 0 Å². The van der Waals surface area contributed by atoms with Gasteiger partial charge in [-0.05, 0) is 12.8 Å². The van der Waals surface area contributed by atoms with E-state index >= 15 is 0 Å². The topological polar surface area (TPSA) is 37.3 Å². The van der Waals surface area contributed by atoms with Gasteiger partial charge in [0.1, 0.15) is 0 Å². The zero-order valence-electron chi connectivity index (χ0n) is 11.1. The average Bonchev–Trinajstić information content (AvgIpc) is 2.09. The van der Waals surface area contributed by atoms with Crippen LogP contribution >= 0.6 is 0 Å². The fraction of sp³-hybridized carbons (Fsp3) is 0.833. The summed E-state index contributed by atoms with van der Waals surface area (Å²) in [5.74, 6) is -4.64. The van der Waals surface area contributed by atoms with Gasteiger partial charge in [-0.3, -0.25) is 4.79 Å². The molecule has 1 saturated carbocycles. The third-order valence-corrected chi connectivity index (χ3v) is 0.825. The summed E-state index contributed by atoms with van der Waals surface area (Å²) >= 11 is 0. The van der Waals surface area contributed by atoms with Gasteiger partial charge in [-0.25, -0.2) is 0 Å². The summed E-state index contributed by atoms with van der Waals surface area (Å²) in [7, 11) is 0. The summed E-state index contributed by atoms with van der Waals surface area (Å²) in [4.78, 5) is 10.8. The van der Waals surface area contributed by atoms with Gasteiger partial charge in [0.05, 0.1) is 5.89 Å². The van der Waals surface area contributed by atoms with Crippen molar-refractivity contribution < 1.29 is 19.5 Å². The Bertz CT molecular complexity index is 313. The molecule has 0 aromatic heterocycles. The lowest BCUT2D eigenvalue weighted by molar-refractivity contribution is -0.141. The van der Waals surface area contributed by atoms with E-state index in [1.54, 1.807) is 0 Å². The van der Waals surface area contributed by atoms with Gasteiger partial charge in [0.2, 0.25) is 0 Å². The zero-order valence-corrected chi connectivity index (χ0v) is 4.06. The van der Waals surface area contributed by atoms with Crippen LogP contribution in [0.3, 0.4) is 0 Å². The lowest BCUT2D eigenvalue weighted by atomic mass is 10.1. The highest BCUT2D eigenvalue weighted by molar-refractivity contribution is 5.70. The molecule has 0 aliphatic heterocycles. The summed E-state index contributed by atoms with van der Waals surface area (Å²) in [6.45, 7) is 0. The van der Waals surface area contributed by atoms with E-state index in [9.17, 15) is 4.79 Å². The Hall–Kier alpha value is -0.530. The fourth-order valence-electron chi connectivity index (χ4n) is 0.425. The minimum absolute atomic E-state index is 1.00. The molecule has 1 unspecified atom stereocenters. The van der Waals surface area contributed by atoms with Crippen LogP contribution < -0.4 is 0 Å². The second-order valence-electron chi connectivity index (χ2n) is 1.39. The second-order valence-corrected chi connectivity index (χ2v) is 1.39. The molecule has 1 aliphatic carbocycles. The van der Waals surface area contributed by atoms with Crippen molar-refractivity contribution >= 4 is 5.97 Å². The largest absolute Gasteiger partial charge is 0.481 e. The summed E-state index contributed by atoms with van der Waals surface area (Å²) < 4.78 is 51.1. The van der Waals surface area contributed by atoms with Crippen LogP contribution in [0.5, 0.6) is 0 Å². The fourth-order valence-corrected chi connectivity index (χ4v) is 0.425. The molecule has 2 heteroatoms. The van der Waals surface area contributed by atoms with Gasteiger partial charge in [0, 0.05) is 9.60 Å². The molecule has 0 radical (unpaired) electrons. The predicted molar refractivity (Wildman–Crippen MR) is 29.6 cm³/mol. The molecule has 0 spiro atoms. The Morgan fingerprint density at radius 2 is 2.62 bits per heavy atom. The van der Waals surface area contributed by atoms with Crippen LogP contribution in [0.4, 0.5) is 0 Å². The summed E-state index contributed by atoms with van der Waals surface area (Å²) in [6.07, 6.45) is -9.75. The smallest absolute Gasteiger partial charge is 0.306 e. The number of carboxylic acids is 1. The maximum Gasteiger partial charge on any atom is 0.306 e. The van der Waals surface area contributed by atoms with Crippen molar-refractivity contribution in [2.24, 2.45) is 5.89 Å². The van der Waals surface area contributed by atoms with Gasteiger partial charge in [-0.1, -0.05) is 12.7 Å². The highest BCUT2D eigenvalue weighted by Crippen LogP contribution is 2.24. The Morgan fingerprint density at radius 3 is 2.88 bits per heavy atom. The molecule has 0 aromatic rings. The first-order valence-corrected chi connectivity index (χ1v) is 2.13. The first-order chi connectivity index (χ1) is 6.40. The van der Waals surface area contributed by atoms with Crippen molar-refractivity contribution in [3.05, 3.63) is 0 Å². The van der Waals surface area contributed by atoms with Crippen molar-refractivity contribution in [2.75, 3.05) is 0 Å². The van der Waals surface area contributed by atoms with Gasteiger partial charge in [0.15, 0.2) is 0 Å². The van der Waals surface area contributed by atoms with E-state index in [-0.39, 0.29) is 0 Å². The molecule has 1 fully saturated rings. The normalized spacial score (nSPS) is 69.2. The number of hydrogen-bond acceptors (Lipinski definition) is 1. The van der Waals surface area contributed by atoms with Gasteiger partial charge < -0.3 is 5.11 Å². The molecule has 2 nitrogen and oxygen atoms in total. The summed E-state index contributed by atoms with van der Waals surface area (Å²) in [5, 5.41) is 8.71. The van der Waals surface area contributed by atoms with E-state index < -0.39 is 37.4 Å². The van der Waals surface area contributed by atoms with Crippen LogP contribution in [-0.2, 0) is 4.79 Å². The number of carboxylic acid groups (broad SMARTS) is 1. The Morgan fingerprint density at radius 1 is 1.88 bits per heavy atom. The first kappa shape index (κ1) is 1.49. The summed E-state index contributed by atoms with van der Waals surface area (Å²) in [5.41, 5.74) is 0. The maximum absolute atomic E-state index is 10.8. The molecule has 1 N–H and O–H groups in total. The standard InChI is InChI=1S/C6H10O2/c7-6(8)5-3-1-2-4-5/h5H,1-4H2,(H,7,8)/i1D2,2D2,3D2,5D. The third kappa shape index (κ3) is 0.997. The number of aliphatic carboxylic acids is 1. The Labute approximate surface area is 58.3 Å². The molecule has 1 aliphatic rings. The van der Waals surface area contributed by atoms with Gasteiger partial charge >= 0.3 is 5.97 Å².